The van der Waals surface area contributed by atoms with E-state index in [-0.39, 0.29) is 17.9 Å². The van der Waals surface area contributed by atoms with Gasteiger partial charge in [-0.25, -0.2) is 0 Å². The summed E-state index contributed by atoms with van der Waals surface area (Å²) in [5, 5.41) is 0. The van der Waals surface area contributed by atoms with Crippen LogP contribution in [-0.2, 0) is 26.2 Å². The van der Waals surface area contributed by atoms with Gasteiger partial charge in [-0.15, -0.1) is 0 Å². The standard InChI is InChI=1S/C29H37N2O3/c32-26(20-23-10-16-30-17-11-23)21-31-18-12-24(13-19-31)27(22-31)34-28(33)29(14-6-1-2-7-15-29)25-8-4-3-5-9-25/h3-5,8-11,16-17,24,27H,1-2,6-7,12-15,18-22H2/q+1/t24?,27-,31?/m0/s1. The molecular weight excluding hydrogens is 424 g/mol. The summed E-state index contributed by atoms with van der Waals surface area (Å²) in [5.41, 5.74) is 1.61. The van der Waals surface area contributed by atoms with Crippen LogP contribution in [0.1, 0.15) is 62.5 Å². The molecule has 3 aliphatic heterocycles. The predicted molar refractivity (Wildman–Crippen MR) is 131 cm³/mol. The normalized spacial score (nSPS) is 28.1. The first-order valence-electron chi connectivity index (χ1n) is 13.1. The van der Waals surface area contributed by atoms with Gasteiger partial charge in [0.1, 0.15) is 13.1 Å². The van der Waals surface area contributed by atoms with Crippen molar-refractivity contribution in [1.82, 2.24) is 4.98 Å². The lowest BCUT2D eigenvalue weighted by Gasteiger charge is -2.52. The number of fused-ring (bicyclic) bond motifs is 3. The number of rotatable bonds is 7. The SMILES string of the molecule is O=C(Cc1ccncc1)C[N+]12CCC(CC1)[C@@H](OC(=O)C1(c3ccccc3)CCCCCC1)C2. The highest BCUT2D eigenvalue weighted by Crippen LogP contribution is 2.42. The smallest absolute Gasteiger partial charge is 0.317 e. The number of ether oxygens (including phenoxy) is 1. The maximum absolute atomic E-state index is 13.9. The van der Waals surface area contributed by atoms with Crippen molar-refractivity contribution in [2.24, 2.45) is 5.92 Å². The Labute approximate surface area is 203 Å². The van der Waals surface area contributed by atoms with E-state index in [1.165, 1.54) is 12.8 Å². The number of quaternary nitrogens is 1. The van der Waals surface area contributed by atoms with E-state index in [1.807, 2.05) is 30.3 Å². The Kier molecular flexibility index (Phi) is 6.82. The van der Waals surface area contributed by atoms with E-state index in [0.717, 1.165) is 73.8 Å². The van der Waals surface area contributed by atoms with Crippen molar-refractivity contribution in [2.45, 2.75) is 69.3 Å². The van der Waals surface area contributed by atoms with Crippen LogP contribution in [0.3, 0.4) is 0 Å². The molecule has 180 valence electrons. The molecule has 0 spiro atoms. The number of Topliss-reactive ketones (excluding diaryl/α,β-unsaturated/α-hetero) is 1. The van der Waals surface area contributed by atoms with E-state index >= 15 is 0 Å². The van der Waals surface area contributed by atoms with Crippen LogP contribution < -0.4 is 0 Å². The van der Waals surface area contributed by atoms with Gasteiger partial charge in [0.05, 0.1) is 18.5 Å². The molecule has 4 fully saturated rings. The van der Waals surface area contributed by atoms with Crippen LogP contribution in [0.15, 0.2) is 54.9 Å². The summed E-state index contributed by atoms with van der Waals surface area (Å²) in [6.45, 7) is 3.35. The summed E-state index contributed by atoms with van der Waals surface area (Å²) in [7, 11) is 0. The highest BCUT2D eigenvalue weighted by atomic mass is 16.5. The number of aromatic nitrogens is 1. The summed E-state index contributed by atoms with van der Waals surface area (Å²) in [4.78, 5) is 30.9. The molecule has 34 heavy (non-hydrogen) atoms. The van der Waals surface area contributed by atoms with E-state index in [2.05, 4.69) is 17.1 Å². The fourth-order valence-electron chi connectivity index (χ4n) is 6.69. The van der Waals surface area contributed by atoms with E-state index in [9.17, 15) is 9.59 Å². The third kappa shape index (κ3) is 4.81. The fourth-order valence-corrected chi connectivity index (χ4v) is 6.69. The first-order chi connectivity index (χ1) is 16.6. The van der Waals surface area contributed by atoms with Gasteiger partial charge >= 0.3 is 5.97 Å². The molecule has 4 heterocycles. The molecule has 5 nitrogen and oxygen atoms in total. The second kappa shape index (κ2) is 9.99. The van der Waals surface area contributed by atoms with Gasteiger partial charge in [0, 0.05) is 37.6 Å². The second-order valence-corrected chi connectivity index (χ2v) is 10.8. The number of carbonyl (C=O) groups excluding carboxylic acids is 2. The van der Waals surface area contributed by atoms with E-state index in [1.54, 1.807) is 12.4 Å². The third-order valence-corrected chi connectivity index (χ3v) is 8.64. The monoisotopic (exact) mass is 461 g/mol. The number of hydrogen-bond acceptors (Lipinski definition) is 4. The van der Waals surface area contributed by atoms with Crippen LogP contribution in [0.5, 0.6) is 0 Å². The van der Waals surface area contributed by atoms with Crippen LogP contribution in [0, 0.1) is 5.92 Å². The van der Waals surface area contributed by atoms with Crippen LogP contribution in [0.2, 0.25) is 0 Å². The topological polar surface area (TPSA) is 56.3 Å². The zero-order valence-electron chi connectivity index (χ0n) is 20.2. The second-order valence-electron chi connectivity index (χ2n) is 10.8. The molecule has 1 aromatic carbocycles. The first kappa shape index (κ1) is 23.2. The highest BCUT2D eigenvalue weighted by molar-refractivity contribution is 5.83. The minimum absolute atomic E-state index is 0.0272. The van der Waals surface area contributed by atoms with Gasteiger partial charge < -0.3 is 9.22 Å². The van der Waals surface area contributed by atoms with Crippen molar-refractivity contribution in [3.05, 3.63) is 66.0 Å². The van der Waals surface area contributed by atoms with Gasteiger partial charge in [-0.2, -0.15) is 0 Å². The zero-order valence-corrected chi connectivity index (χ0v) is 20.2. The van der Waals surface area contributed by atoms with Crippen LogP contribution in [0.4, 0.5) is 0 Å². The molecule has 6 rings (SSSR count). The molecule has 2 bridgehead atoms. The number of hydrogen-bond donors (Lipinski definition) is 0. The molecule has 0 N–H and O–H groups in total. The summed E-state index contributed by atoms with van der Waals surface area (Å²) >= 11 is 0. The molecular formula is C29H37N2O3+. The summed E-state index contributed by atoms with van der Waals surface area (Å²) in [6, 6.07) is 14.1. The van der Waals surface area contributed by atoms with E-state index in [4.69, 9.17) is 4.74 Å². The third-order valence-electron chi connectivity index (χ3n) is 8.64. The lowest BCUT2D eigenvalue weighted by Crippen LogP contribution is -2.66. The van der Waals surface area contributed by atoms with Gasteiger partial charge in [-0.1, -0.05) is 56.0 Å². The number of benzene rings is 1. The number of ketones is 1. The van der Waals surface area contributed by atoms with Crippen LogP contribution >= 0.6 is 0 Å². The fraction of sp³-hybridized carbons (Fsp3) is 0.552. The van der Waals surface area contributed by atoms with E-state index < -0.39 is 5.41 Å². The molecule has 0 amide bonds. The van der Waals surface area contributed by atoms with Gasteiger partial charge in [-0.05, 0) is 36.1 Å². The maximum Gasteiger partial charge on any atom is 0.317 e. The molecule has 1 aliphatic carbocycles. The summed E-state index contributed by atoms with van der Waals surface area (Å²) in [6.07, 6.45) is 12.2. The minimum Gasteiger partial charge on any atom is -0.455 e. The summed E-state index contributed by atoms with van der Waals surface area (Å²) < 4.78 is 7.20. The zero-order chi connectivity index (χ0) is 23.4. The minimum atomic E-state index is -0.522. The number of piperidine rings is 3. The van der Waals surface area contributed by atoms with E-state index in [0.29, 0.717) is 18.9 Å². The number of carbonyl (C=O) groups is 2. The van der Waals surface area contributed by atoms with Crippen molar-refractivity contribution in [1.29, 1.82) is 0 Å². The van der Waals surface area contributed by atoms with Crippen molar-refractivity contribution < 1.29 is 18.8 Å². The molecule has 5 heteroatoms. The Bertz CT molecular complexity index is 975. The van der Waals surface area contributed by atoms with Crippen LogP contribution in [-0.4, -0.2) is 53.5 Å². The quantitative estimate of drug-likeness (QED) is 0.343. The molecule has 4 aliphatic rings. The Morgan fingerprint density at radius 2 is 1.62 bits per heavy atom. The van der Waals surface area contributed by atoms with Crippen LogP contribution in [0.25, 0.3) is 0 Å². The van der Waals surface area contributed by atoms with Gasteiger partial charge in [0.15, 0.2) is 11.9 Å². The Morgan fingerprint density at radius 3 is 2.29 bits per heavy atom. The molecule has 3 saturated heterocycles. The lowest BCUT2D eigenvalue weighted by molar-refractivity contribution is -0.939. The first-order valence-corrected chi connectivity index (χ1v) is 13.1. The maximum atomic E-state index is 13.9. The number of nitrogens with zero attached hydrogens (tertiary/aromatic N) is 2. The number of esters is 1. The summed E-state index contributed by atoms with van der Waals surface area (Å²) in [5.74, 6) is 0.666. The van der Waals surface area contributed by atoms with Crippen molar-refractivity contribution >= 4 is 11.8 Å². The Balaban J connectivity index is 1.30. The van der Waals surface area contributed by atoms with Gasteiger partial charge in [0.2, 0.25) is 0 Å². The van der Waals surface area contributed by atoms with Crippen molar-refractivity contribution in [2.75, 3.05) is 26.2 Å². The Morgan fingerprint density at radius 1 is 0.941 bits per heavy atom. The molecule has 2 aromatic rings. The Hall–Kier alpha value is -2.53. The van der Waals surface area contributed by atoms with Crippen molar-refractivity contribution in [3.63, 3.8) is 0 Å². The predicted octanol–water partition coefficient (Wildman–Crippen LogP) is 4.64. The molecule has 1 aromatic heterocycles. The molecule has 1 atom stereocenters. The van der Waals surface area contributed by atoms with Crippen molar-refractivity contribution in [3.8, 4) is 0 Å². The molecule has 0 radical (unpaired) electrons. The average molecular weight is 462 g/mol. The van der Waals surface area contributed by atoms with Gasteiger partial charge in [0.25, 0.3) is 0 Å². The molecule has 0 unspecified atom stereocenters. The molecule has 1 saturated carbocycles. The number of pyridine rings is 1. The average Bonchev–Trinajstić information content (AvgIpc) is 3.13. The van der Waals surface area contributed by atoms with Gasteiger partial charge in [-0.3, -0.25) is 14.6 Å². The lowest BCUT2D eigenvalue weighted by atomic mass is 9.74. The highest BCUT2D eigenvalue weighted by Gasteiger charge is 2.50. The largest absolute Gasteiger partial charge is 0.455 e.